The number of amidine groups is 1. The zero-order valence-corrected chi connectivity index (χ0v) is 10.7. The molecule has 2 N–H and O–H groups in total. The molecule has 4 nitrogen and oxygen atoms in total. The Hall–Kier alpha value is -1.84. The number of benzene rings is 1. The van der Waals surface area contributed by atoms with Crippen LogP contribution in [0.3, 0.4) is 0 Å². The highest BCUT2D eigenvalue weighted by Crippen LogP contribution is 2.03. The van der Waals surface area contributed by atoms with Crippen molar-refractivity contribution in [2.24, 2.45) is 0 Å². The number of rotatable bonds is 3. The molecule has 1 aromatic carbocycles. The van der Waals surface area contributed by atoms with Crippen molar-refractivity contribution in [3.8, 4) is 0 Å². The van der Waals surface area contributed by atoms with Crippen LogP contribution in [0.4, 0.5) is 10.5 Å². The van der Waals surface area contributed by atoms with Crippen LogP contribution in [-0.2, 0) is 0 Å². The second-order valence-corrected chi connectivity index (χ2v) is 3.70. The number of nitrogens with one attached hydrogen (secondary N) is 2. The smallest absolute Gasteiger partial charge is 0.288 e. The summed E-state index contributed by atoms with van der Waals surface area (Å²) in [7, 11) is 0. The van der Waals surface area contributed by atoms with E-state index in [2.05, 4.69) is 29.1 Å². The maximum atomic E-state index is 11.7. The summed E-state index contributed by atoms with van der Waals surface area (Å²) >= 11 is 0. The normalized spacial score (nSPS) is 9.59. The summed E-state index contributed by atoms with van der Waals surface area (Å²) in [6.45, 7) is 7.78. The molecule has 0 saturated carbocycles. The van der Waals surface area contributed by atoms with Crippen molar-refractivity contribution in [3.05, 3.63) is 30.3 Å². The van der Waals surface area contributed by atoms with Crippen molar-refractivity contribution < 1.29 is 9.37 Å². The first-order valence-corrected chi connectivity index (χ1v) is 5.89. The number of urea groups is 1. The van der Waals surface area contributed by atoms with Gasteiger partial charge in [-0.2, -0.15) is 5.32 Å². The minimum Gasteiger partial charge on any atom is -0.288 e. The first-order chi connectivity index (χ1) is 8.17. The lowest BCUT2D eigenvalue weighted by Gasteiger charge is -2.06. The fourth-order valence-electron chi connectivity index (χ4n) is 1.63. The summed E-state index contributed by atoms with van der Waals surface area (Å²) in [6.07, 6.45) is 0. The number of para-hydroxylation sites is 1. The molecule has 1 aromatic rings. The van der Waals surface area contributed by atoms with E-state index in [4.69, 9.17) is 0 Å². The highest BCUT2D eigenvalue weighted by atomic mass is 16.2. The number of nitrogens with zero attached hydrogens (tertiary/aromatic N) is 1. The maximum Gasteiger partial charge on any atom is 0.410 e. The number of amides is 2. The molecule has 0 radical (unpaired) electrons. The van der Waals surface area contributed by atoms with Crippen LogP contribution in [0, 0.1) is 0 Å². The third-order valence-electron chi connectivity index (χ3n) is 2.56. The zero-order chi connectivity index (χ0) is 12.7. The Bertz CT molecular complexity index is 392. The van der Waals surface area contributed by atoms with Gasteiger partial charge >= 0.3 is 6.03 Å². The summed E-state index contributed by atoms with van der Waals surface area (Å²) in [6, 6.07) is 9.18. The average Bonchev–Trinajstić information content (AvgIpc) is 2.31. The molecule has 4 heteroatoms. The van der Waals surface area contributed by atoms with E-state index in [0.29, 0.717) is 0 Å². The molecular formula is C13H20N3O+. The third-order valence-corrected chi connectivity index (χ3v) is 2.56. The molecule has 0 saturated heterocycles. The summed E-state index contributed by atoms with van der Waals surface area (Å²) in [5.74, 6) is 0.864. The number of hydrogen-bond acceptors (Lipinski definition) is 1. The van der Waals surface area contributed by atoms with Gasteiger partial charge in [-0.15, -0.1) is 0 Å². The van der Waals surface area contributed by atoms with Crippen molar-refractivity contribution in [3.63, 3.8) is 0 Å². The summed E-state index contributed by atoms with van der Waals surface area (Å²) in [5.41, 5.74) is 0.789. The molecule has 0 heterocycles. The Morgan fingerprint density at radius 2 is 1.76 bits per heavy atom. The molecule has 0 spiro atoms. The van der Waals surface area contributed by atoms with E-state index >= 15 is 0 Å². The van der Waals surface area contributed by atoms with Gasteiger partial charge in [0.15, 0.2) is 0 Å². The first kappa shape index (κ1) is 13.2. The molecule has 0 atom stereocenters. The van der Waals surface area contributed by atoms with Crippen molar-refractivity contribution >= 4 is 17.6 Å². The molecule has 1 rings (SSSR count). The maximum absolute atomic E-state index is 11.7. The monoisotopic (exact) mass is 234 g/mol. The molecule has 0 aliphatic rings. The van der Waals surface area contributed by atoms with E-state index < -0.39 is 0 Å². The Morgan fingerprint density at radius 3 is 2.29 bits per heavy atom. The molecule has 0 bridgehead atoms. The lowest BCUT2D eigenvalue weighted by atomic mass is 10.3. The Balaban J connectivity index is 2.59. The Kier molecular flexibility index (Phi) is 5.20. The van der Waals surface area contributed by atoms with Gasteiger partial charge in [-0.3, -0.25) is 9.89 Å². The summed E-state index contributed by atoms with van der Waals surface area (Å²) < 4.78 is 2.09. The highest BCUT2D eigenvalue weighted by Gasteiger charge is 2.11. The van der Waals surface area contributed by atoms with Crippen LogP contribution in [0.2, 0.25) is 0 Å². The largest absolute Gasteiger partial charge is 0.410 e. The van der Waals surface area contributed by atoms with Gasteiger partial charge in [0, 0.05) is 12.6 Å². The molecule has 0 fully saturated rings. The molecule has 0 aromatic heterocycles. The fraction of sp³-hybridized carbons (Fsp3) is 0.385. The Labute approximate surface area is 102 Å². The standard InChI is InChI=1S/C13H19N3O/c1-4-16(5-2)11(3)14-13(17)15-12-9-7-6-8-10-12/h6-10H,4-5H2,1-3H3,(H,15,17)/p+1. The second-order valence-electron chi connectivity index (χ2n) is 3.70. The van der Waals surface area contributed by atoms with Crippen LogP contribution in [0.1, 0.15) is 20.8 Å². The number of anilines is 1. The fourth-order valence-corrected chi connectivity index (χ4v) is 1.63. The second kappa shape index (κ2) is 6.68. The van der Waals surface area contributed by atoms with Crippen molar-refractivity contribution in [2.75, 3.05) is 18.4 Å². The van der Waals surface area contributed by atoms with E-state index in [1.807, 2.05) is 37.3 Å². The molecule has 0 aliphatic heterocycles. The van der Waals surface area contributed by atoms with Gasteiger partial charge in [-0.05, 0) is 26.0 Å². The average molecular weight is 234 g/mol. The number of carbonyl (C=O) groups is 1. The SMILES string of the molecule is CC[N+](CC)=C(C)NC(=O)Nc1ccccc1. The van der Waals surface area contributed by atoms with E-state index in [9.17, 15) is 4.79 Å². The van der Waals surface area contributed by atoms with Gasteiger partial charge < -0.3 is 0 Å². The minimum atomic E-state index is -0.208. The zero-order valence-electron chi connectivity index (χ0n) is 10.7. The summed E-state index contributed by atoms with van der Waals surface area (Å²) in [5, 5.41) is 5.60. The quantitative estimate of drug-likeness (QED) is 0.470. The van der Waals surface area contributed by atoms with Crippen molar-refractivity contribution in [1.82, 2.24) is 5.32 Å². The molecule has 92 valence electrons. The lowest BCUT2D eigenvalue weighted by Crippen LogP contribution is -2.38. The number of hydrogen-bond donors (Lipinski definition) is 2. The lowest BCUT2D eigenvalue weighted by molar-refractivity contribution is -0.522. The van der Waals surface area contributed by atoms with E-state index in [1.54, 1.807) is 0 Å². The van der Waals surface area contributed by atoms with Gasteiger partial charge in [0.05, 0.1) is 13.1 Å². The molecular weight excluding hydrogens is 214 g/mol. The van der Waals surface area contributed by atoms with E-state index in [1.165, 1.54) is 0 Å². The van der Waals surface area contributed by atoms with Gasteiger partial charge in [-0.1, -0.05) is 18.2 Å². The predicted octanol–water partition coefficient (Wildman–Crippen LogP) is 2.28. The third kappa shape index (κ3) is 4.26. The predicted molar refractivity (Wildman–Crippen MR) is 70.6 cm³/mol. The minimum absolute atomic E-state index is 0.208. The van der Waals surface area contributed by atoms with Crippen LogP contribution >= 0.6 is 0 Å². The van der Waals surface area contributed by atoms with Crippen LogP contribution in [0.15, 0.2) is 30.3 Å². The van der Waals surface area contributed by atoms with Crippen LogP contribution in [0.5, 0.6) is 0 Å². The van der Waals surface area contributed by atoms with E-state index in [-0.39, 0.29) is 6.03 Å². The van der Waals surface area contributed by atoms with Gasteiger partial charge in [0.25, 0.3) is 0 Å². The molecule has 0 unspecified atom stereocenters. The molecule has 17 heavy (non-hydrogen) atoms. The first-order valence-electron chi connectivity index (χ1n) is 5.89. The molecule has 2 amide bonds. The highest BCUT2D eigenvalue weighted by molar-refractivity contribution is 6.00. The van der Waals surface area contributed by atoms with E-state index in [0.717, 1.165) is 24.6 Å². The Morgan fingerprint density at radius 1 is 1.18 bits per heavy atom. The summed E-state index contributed by atoms with van der Waals surface area (Å²) in [4.78, 5) is 11.7. The van der Waals surface area contributed by atoms with Crippen LogP contribution in [0.25, 0.3) is 0 Å². The molecule has 0 aliphatic carbocycles. The van der Waals surface area contributed by atoms with Gasteiger partial charge in [0.1, 0.15) is 0 Å². The van der Waals surface area contributed by atoms with Gasteiger partial charge in [0.2, 0.25) is 5.84 Å². The van der Waals surface area contributed by atoms with Crippen LogP contribution in [-0.4, -0.2) is 29.5 Å². The van der Waals surface area contributed by atoms with Gasteiger partial charge in [-0.25, -0.2) is 4.79 Å². The van der Waals surface area contributed by atoms with Crippen molar-refractivity contribution in [1.29, 1.82) is 0 Å². The topological polar surface area (TPSA) is 44.1 Å². The van der Waals surface area contributed by atoms with Crippen LogP contribution < -0.4 is 10.6 Å². The van der Waals surface area contributed by atoms with Crippen molar-refractivity contribution in [2.45, 2.75) is 20.8 Å². The number of carbonyl (C=O) groups excluding carboxylic acids is 1.